The Morgan fingerprint density at radius 2 is 2.04 bits per heavy atom. The van der Waals surface area contributed by atoms with Crippen LogP contribution < -0.4 is 9.46 Å². The molecule has 8 nitrogen and oxygen atoms in total. The van der Waals surface area contributed by atoms with Gasteiger partial charge in [-0.3, -0.25) is 0 Å². The molecule has 0 fully saturated rings. The minimum atomic E-state index is -3.56. The first kappa shape index (κ1) is 16.8. The van der Waals surface area contributed by atoms with Gasteiger partial charge in [0, 0.05) is 13.0 Å². The van der Waals surface area contributed by atoms with Gasteiger partial charge in [0.15, 0.2) is 0 Å². The van der Waals surface area contributed by atoms with Crippen LogP contribution >= 0.6 is 11.3 Å². The maximum absolute atomic E-state index is 12.3. The van der Waals surface area contributed by atoms with Gasteiger partial charge in [-0.1, -0.05) is 11.3 Å². The van der Waals surface area contributed by atoms with Gasteiger partial charge in [0.1, 0.15) is 17.1 Å². The topological polar surface area (TPSA) is 98.5 Å². The number of hydrogen-bond donors (Lipinski definition) is 1. The summed E-state index contributed by atoms with van der Waals surface area (Å²) in [4.78, 5) is 0.894. The molecule has 1 N–H and O–H groups in total. The highest BCUT2D eigenvalue weighted by Crippen LogP contribution is 2.17. The van der Waals surface area contributed by atoms with E-state index in [0.717, 1.165) is 5.01 Å². The normalized spacial score (nSPS) is 12.1. The number of benzene rings is 1. The zero-order valence-corrected chi connectivity index (χ0v) is 14.8. The summed E-state index contributed by atoms with van der Waals surface area (Å²) in [5.41, 5.74) is 0. The van der Waals surface area contributed by atoms with Gasteiger partial charge >= 0.3 is 0 Å². The van der Waals surface area contributed by atoms with Crippen LogP contribution in [0.3, 0.4) is 0 Å². The highest BCUT2D eigenvalue weighted by atomic mass is 32.2. The number of ether oxygens (including phenoxy) is 1. The van der Waals surface area contributed by atoms with Crippen LogP contribution in [-0.4, -0.2) is 40.9 Å². The molecule has 0 aliphatic rings. The maximum Gasteiger partial charge on any atom is 0.240 e. The second-order valence-electron chi connectivity index (χ2n) is 5.34. The molecule has 10 heteroatoms. The average molecular weight is 367 g/mol. The lowest BCUT2D eigenvalue weighted by molar-refractivity contribution is 0.242. The van der Waals surface area contributed by atoms with Crippen molar-refractivity contribution in [1.82, 2.24) is 24.5 Å². The molecule has 0 unspecified atom stereocenters. The Morgan fingerprint density at radius 1 is 1.29 bits per heavy atom. The van der Waals surface area contributed by atoms with Crippen molar-refractivity contribution in [3.05, 3.63) is 35.6 Å². The fourth-order valence-corrected chi connectivity index (χ4v) is 3.89. The summed E-state index contributed by atoms with van der Waals surface area (Å²) in [6.07, 6.45) is 2.04. The predicted octanol–water partition coefficient (Wildman–Crippen LogP) is 1.49. The van der Waals surface area contributed by atoms with Crippen LogP contribution in [0.25, 0.3) is 4.96 Å². The van der Waals surface area contributed by atoms with Gasteiger partial charge in [0.25, 0.3) is 0 Å². The van der Waals surface area contributed by atoms with E-state index >= 15 is 0 Å². The van der Waals surface area contributed by atoms with Crippen molar-refractivity contribution in [1.29, 1.82) is 0 Å². The fraction of sp³-hybridized carbons (Fsp3) is 0.357. The third-order valence-corrected chi connectivity index (χ3v) is 5.52. The molecule has 0 saturated carbocycles. The number of hydrogen-bond acceptors (Lipinski definition) is 7. The van der Waals surface area contributed by atoms with Gasteiger partial charge in [0.05, 0.1) is 11.0 Å². The first-order valence-electron chi connectivity index (χ1n) is 7.36. The molecule has 0 radical (unpaired) electrons. The van der Waals surface area contributed by atoms with Crippen molar-refractivity contribution < 1.29 is 13.2 Å². The Labute approximate surface area is 143 Å². The van der Waals surface area contributed by atoms with E-state index in [1.54, 1.807) is 16.6 Å². The van der Waals surface area contributed by atoms with Crippen LogP contribution in [0.15, 0.2) is 35.5 Å². The number of nitrogens with one attached hydrogen (secondary N) is 1. The zero-order valence-electron chi connectivity index (χ0n) is 13.2. The van der Waals surface area contributed by atoms with E-state index in [-0.39, 0.29) is 17.5 Å². The molecular weight excluding hydrogens is 350 g/mol. The highest BCUT2D eigenvalue weighted by molar-refractivity contribution is 7.89. The van der Waals surface area contributed by atoms with E-state index in [4.69, 9.17) is 4.74 Å². The van der Waals surface area contributed by atoms with Gasteiger partial charge in [-0.15, -0.1) is 10.2 Å². The lowest BCUT2D eigenvalue weighted by atomic mass is 10.3. The number of fused-ring (bicyclic) bond motifs is 1. The molecule has 0 spiro atoms. The van der Waals surface area contributed by atoms with Crippen molar-refractivity contribution in [2.24, 2.45) is 0 Å². The molecule has 3 rings (SSSR count). The third kappa shape index (κ3) is 3.89. The van der Waals surface area contributed by atoms with Crippen molar-refractivity contribution in [3.8, 4) is 5.75 Å². The molecule has 2 heterocycles. The molecule has 3 aromatic rings. The average Bonchev–Trinajstić information content (AvgIpc) is 3.08. The molecule has 24 heavy (non-hydrogen) atoms. The second-order valence-corrected chi connectivity index (χ2v) is 8.15. The molecule has 2 aromatic heterocycles. The van der Waals surface area contributed by atoms with E-state index in [9.17, 15) is 8.42 Å². The minimum Gasteiger partial charge on any atom is -0.491 e. The summed E-state index contributed by atoms with van der Waals surface area (Å²) in [6.45, 7) is 4.09. The summed E-state index contributed by atoms with van der Waals surface area (Å²) in [6, 6.07) is 6.36. The quantitative estimate of drug-likeness (QED) is 0.679. The maximum atomic E-state index is 12.3. The Bertz CT molecular complexity index is 887. The summed E-state index contributed by atoms with van der Waals surface area (Å²) < 4.78 is 34.2. The smallest absolute Gasteiger partial charge is 0.240 e. The SMILES string of the molecule is CC(C)Oc1ccc(S(=O)(=O)NCCc2nn3cnnc3s2)cc1. The van der Waals surface area contributed by atoms with Gasteiger partial charge in [-0.05, 0) is 38.1 Å². The number of aromatic nitrogens is 4. The highest BCUT2D eigenvalue weighted by Gasteiger charge is 2.14. The summed E-state index contributed by atoms with van der Waals surface area (Å²) in [5, 5.41) is 12.7. The lowest BCUT2D eigenvalue weighted by Crippen LogP contribution is -2.26. The van der Waals surface area contributed by atoms with Crippen LogP contribution in [0, 0.1) is 0 Å². The first-order valence-corrected chi connectivity index (χ1v) is 9.66. The Morgan fingerprint density at radius 3 is 2.71 bits per heavy atom. The molecular formula is C14H17N5O3S2. The van der Waals surface area contributed by atoms with Crippen molar-refractivity contribution >= 4 is 26.3 Å². The van der Waals surface area contributed by atoms with Crippen LogP contribution in [0.4, 0.5) is 0 Å². The van der Waals surface area contributed by atoms with E-state index in [1.165, 1.54) is 29.8 Å². The van der Waals surface area contributed by atoms with E-state index in [0.29, 0.717) is 17.1 Å². The molecule has 128 valence electrons. The van der Waals surface area contributed by atoms with Gasteiger partial charge < -0.3 is 4.74 Å². The number of sulfonamides is 1. The second kappa shape index (κ2) is 6.83. The van der Waals surface area contributed by atoms with Crippen LogP contribution in [-0.2, 0) is 16.4 Å². The monoisotopic (exact) mass is 367 g/mol. The molecule has 0 aliphatic heterocycles. The van der Waals surface area contributed by atoms with E-state index < -0.39 is 10.0 Å². The van der Waals surface area contributed by atoms with Crippen molar-refractivity contribution in [2.75, 3.05) is 6.54 Å². The Balaban J connectivity index is 1.59. The van der Waals surface area contributed by atoms with Crippen LogP contribution in [0.1, 0.15) is 18.9 Å². The van der Waals surface area contributed by atoms with E-state index in [1.807, 2.05) is 13.8 Å². The summed E-state index contributed by atoms with van der Waals surface area (Å²) >= 11 is 1.38. The number of nitrogens with zero attached hydrogens (tertiary/aromatic N) is 4. The van der Waals surface area contributed by atoms with Crippen LogP contribution in [0.2, 0.25) is 0 Å². The number of rotatable bonds is 7. The molecule has 0 atom stereocenters. The van der Waals surface area contributed by atoms with Crippen LogP contribution in [0.5, 0.6) is 5.75 Å². The molecule has 0 amide bonds. The van der Waals surface area contributed by atoms with Crippen molar-refractivity contribution in [3.63, 3.8) is 0 Å². The Kier molecular flexibility index (Phi) is 4.78. The van der Waals surface area contributed by atoms with Gasteiger partial charge in [0.2, 0.25) is 15.0 Å². The third-order valence-electron chi connectivity index (χ3n) is 3.07. The lowest BCUT2D eigenvalue weighted by Gasteiger charge is -2.10. The van der Waals surface area contributed by atoms with Gasteiger partial charge in [-0.25, -0.2) is 13.1 Å². The molecule has 0 bridgehead atoms. The molecule has 0 aliphatic carbocycles. The zero-order chi connectivity index (χ0) is 17.2. The predicted molar refractivity (Wildman–Crippen MR) is 89.8 cm³/mol. The van der Waals surface area contributed by atoms with E-state index in [2.05, 4.69) is 20.0 Å². The van der Waals surface area contributed by atoms with Crippen molar-refractivity contribution in [2.45, 2.75) is 31.3 Å². The summed E-state index contributed by atoms with van der Waals surface area (Å²) in [5.74, 6) is 0.642. The Hall–Kier alpha value is -2.04. The first-order chi connectivity index (χ1) is 11.4. The van der Waals surface area contributed by atoms with Gasteiger partial charge in [-0.2, -0.15) is 9.61 Å². The minimum absolute atomic E-state index is 0.0418. The fourth-order valence-electron chi connectivity index (χ4n) is 2.05. The molecule has 1 aromatic carbocycles. The standard InChI is InChI=1S/C14H17N5O3S2/c1-10(2)22-11-3-5-12(6-4-11)24(20,21)16-8-7-13-18-19-9-15-17-14(19)23-13/h3-6,9-10,16H,7-8H2,1-2H3. The summed E-state index contributed by atoms with van der Waals surface area (Å²) in [7, 11) is -3.56. The molecule has 0 saturated heterocycles. The largest absolute Gasteiger partial charge is 0.491 e.